The Morgan fingerprint density at radius 3 is 2.50 bits per heavy atom. The molecule has 1 aliphatic carbocycles. The number of benzene rings is 1. The summed E-state index contributed by atoms with van der Waals surface area (Å²) in [4.78, 5) is 11.6. The largest absolute Gasteiger partial charge is 0.416 e. The highest BCUT2D eigenvalue weighted by Gasteiger charge is 2.35. The number of carbonyl (C=O) groups is 1. The van der Waals surface area contributed by atoms with Gasteiger partial charge in [-0.2, -0.15) is 13.2 Å². The van der Waals surface area contributed by atoms with Crippen molar-refractivity contribution < 1.29 is 30.9 Å². The molecule has 11 heteroatoms. The lowest BCUT2D eigenvalue weighted by Gasteiger charge is -2.29. The summed E-state index contributed by atoms with van der Waals surface area (Å²) in [6.07, 6.45) is -2.99. The van der Waals surface area contributed by atoms with Gasteiger partial charge in [0.25, 0.3) is 0 Å². The van der Waals surface area contributed by atoms with E-state index >= 15 is 0 Å². The molecule has 1 amide bonds. The smallest absolute Gasteiger partial charge is 0.338 e. The lowest BCUT2D eigenvalue weighted by molar-refractivity contribution is -0.137. The van der Waals surface area contributed by atoms with Crippen LogP contribution in [-0.4, -0.2) is 37.3 Å². The summed E-state index contributed by atoms with van der Waals surface area (Å²) in [5.41, 5.74) is -0.342. The van der Waals surface area contributed by atoms with Crippen molar-refractivity contribution in [1.29, 1.82) is 0 Å². The summed E-state index contributed by atoms with van der Waals surface area (Å²) >= 11 is 0. The number of carbonyl (C=O) groups excluding carboxylic acids is 1. The lowest BCUT2D eigenvalue weighted by Crippen LogP contribution is -2.40. The fraction of sp³-hybridized carbons (Fsp3) is 0.474. The molecule has 0 bridgehead atoms. The molecule has 30 heavy (non-hydrogen) atoms. The van der Waals surface area contributed by atoms with Gasteiger partial charge in [0.1, 0.15) is 0 Å². The van der Waals surface area contributed by atoms with Gasteiger partial charge in [-0.1, -0.05) is 11.2 Å². The van der Waals surface area contributed by atoms with Gasteiger partial charge in [-0.25, -0.2) is 8.42 Å². The summed E-state index contributed by atoms with van der Waals surface area (Å²) in [6, 6.07) is 5.38. The number of hydrogen-bond acceptors (Lipinski definition) is 6. The molecule has 2 N–H and O–H groups in total. The second-order valence-corrected chi connectivity index (χ2v) is 9.53. The van der Waals surface area contributed by atoms with Gasteiger partial charge in [0, 0.05) is 12.1 Å². The van der Waals surface area contributed by atoms with Crippen LogP contribution in [0, 0.1) is 6.92 Å². The number of halogens is 3. The van der Waals surface area contributed by atoms with Crippen molar-refractivity contribution in [3.63, 3.8) is 0 Å². The van der Waals surface area contributed by atoms with E-state index < -0.39 is 26.8 Å². The molecule has 1 heterocycles. The Morgan fingerprint density at radius 1 is 1.20 bits per heavy atom. The van der Waals surface area contributed by atoms with Crippen molar-refractivity contribution in [1.82, 2.24) is 10.5 Å². The zero-order chi connectivity index (χ0) is 21.9. The standard InChI is InChI=1S/C19H22F3N3O4S/c1-12-9-18(29-25-12)24-17(26)11-23-14-5-7-15(8-6-14)30(27,28)16-4-2-3-13(10-16)19(20,21)22/h2-4,9-10,14-15,23H,5-8,11H2,1H3,(H,24,26). The Hall–Kier alpha value is -2.40. The minimum absolute atomic E-state index is 0.0233. The predicted octanol–water partition coefficient (Wildman–Crippen LogP) is 3.32. The van der Waals surface area contributed by atoms with Crippen molar-refractivity contribution in [2.24, 2.45) is 0 Å². The van der Waals surface area contributed by atoms with Crippen LogP contribution in [-0.2, 0) is 20.8 Å². The van der Waals surface area contributed by atoms with Gasteiger partial charge in [-0.15, -0.1) is 0 Å². The fourth-order valence-electron chi connectivity index (χ4n) is 3.46. The van der Waals surface area contributed by atoms with Crippen LogP contribution in [0.15, 0.2) is 39.8 Å². The maximum Gasteiger partial charge on any atom is 0.416 e. The monoisotopic (exact) mass is 445 g/mol. The van der Waals surface area contributed by atoms with Gasteiger partial charge in [-0.3, -0.25) is 10.1 Å². The number of nitrogens with one attached hydrogen (secondary N) is 2. The second-order valence-electron chi connectivity index (χ2n) is 7.31. The highest BCUT2D eigenvalue weighted by atomic mass is 32.2. The molecule has 0 spiro atoms. The van der Waals surface area contributed by atoms with E-state index in [1.165, 1.54) is 6.07 Å². The molecule has 7 nitrogen and oxygen atoms in total. The summed E-state index contributed by atoms with van der Waals surface area (Å²) in [7, 11) is -3.86. The Balaban J connectivity index is 1.53. The maximum atomic E-state index is 12.9. The van der Waals surface area contributed by atoms with E-state index in [0.717, 1.165) is 12.1 Å². The number of sulfone groups is 1. The average molecular weight is 445 g/mol. The first kappa shape index (κ1) is 22.3. The van der Waals surface area contributed by atoms with E-state index in [9.17, 15) is 26.4 Å². The van der Waals surface area contributed by atoms with E-state index in [0.29, 0.717) is 37.4 Å². The molecule has 1 aromatic carbocycles. The van der Waals surface area contributed by atoms with Gasteiger partial charge >= 0.3 is 6.18 Å². The van der Waals surface area contributed by atoms with E-state index in [1.54, 1.807) is 13.0 Å². The van der Waals surface area contributed by atoms with E-state index in [2.05, 4.69) is 15.8 Å². The van der Waals surface area contributed by atoms with Crippen LogP contribution in [0.25, 0.3) is 0 Å². The molecule has 164 valence electrons. The number of aromatic nitrogens is 1. The molecule has 1 fully saturated rings. The third kappa shape index (κ3) is 5.39. The van der Waals surface area contributed by atoms with E-state index in [-0.39, 0.29) is 29.3 Å². The third-order valence-corrected chi connectivity index (χ3v) is 7.30. The summed E-state index contributed by atoms with van der Waals surface area (Å²) in [5, 5.41) is 8.55. The number of anilines is 1. The van der Waals surface area contributed by atoms with Crippen molar-refractivity contribution >= 4 is 21.6 Å². The van der Waals surface area contributed by atoms with Crippen molar-refractivity contribution in [2.45, 2.75) is 55.0 Å². The number of amides is 1. The predicted molar refractivity (Wildman–Crippen MR) is 103 cm³/mol. The van der Waals surface area contributed by atoms with Gasteiger partial charge in [0.2, 0.25) is 11.8 Å². The molecule has 1 aromatic heterocycles. The SMILES string of the molecule is Cc1cc(NC(=O)CNC2CCC(S(=O)(=O)c3cccc(C(F)(F)F)c3)CC2)on1. The number of nitrogens with zero attached hydrogens (tertiary/aromatic N) is 1. The van der Waals surface area contributed by atoms with Gasteiger partial charge in [0.05, 0.1) is 27.9 Å². The first-order chi connectivity index (χ1) is 14.1. The van der Waals surface area contributed by atoms with Crippen LogP contribution < -0.4 is 10.6 Å². The lowest BCUT2D eigenvalue weighted by atomic mass is 9.95. The normalized spacial score (nSPS) is 20.1. The Kier molecular flexibility index (Phi) is 6.51. The number of rotatable bonds is 6. The Morgan fingerprint density at radius 2 is 1.90 bits per heavy atom. The molecule has 0 saturated heterocycles. The maximum absolute atomic E-state index is 12.9. The number of alkyl halides is 3. The molecular weight excluding hydrogens is 423 g/mol. The van der Waals surface area contributed by atoms with E-state index in [4.69, 9.17) is 4.52 Å². The van der Waals surface area contributed by atoms with Crippen LogP contribution in [0.2, 0.25) is 0 Å². The minimum atomic E-state index is -4.60. The zero-order valence-corrected chi connectivity index (χ0v) is 17.0. The Bertz CT molecular complexity index is 996. The zero-order valence-electron chi connectivity index (χ0n) is 16.2. The quantitative estimate of drug-likeness (QED) is 0.708. The summed E-state index contributed by atoms with van der Waals surface area (Å²) in [5.74, 6) is -0.0694. The highest BCUT2D eigenvalue weighted by Crippen LogP contribution is 2.33. The minimum Gasteiger partial charge on any atom is -0.338 e. The molecule has 0 aliphatic heterocycles. The van der Waals surface area contributed by atoms with Crippen LogP contribution >= 0.6 is 0 Å². The number of hydrogen-bond donors (Lipinski definition) is 2. The van der Waals surface area contributed by atoms with Gasteiger partial charge in [0.15, 0.2) is 9.84 Å². The van der Waals surface area contributed by atoms with Crippen LogP contribution in [0.4, 0.5) is 19.1 Å². The third-order valence-electron chi connectivity index (χ3n) is 5.04. The van der Waals surface area contributed by atoms with Crippen molar-refractivity contribution in [3.8, 4) is 0 Å². The molecular formula is C19H22F3N3O4S. The molecule has 0 atom stereocenters. The van der Waals surface area contributed by atoms with Gasteiger partial charge < -0.3 is 9.84 Å². The first-order valence-corrected chi connectivity index (χ1v) is 11.0. The number of aryl methyl sites for hydroxylation is 1. The van der Waals surface area contributed by atoms with E-state index in [1.807, 2.05) is 0 Å². The fourth-order valence-corrected chi connectivity index (χ4v) is 5.30. The molecule has 3 rings (SSSR count). The van der Waals surface area contributed by atoms with Crippen LogP contribution in [0.5, 0.6) is 0 Å². The summed E-state index contributed by atoms with van der Waals surface area (Å²) < 4.78 is 69.1. The molecule has 0 unspecified atom stereocenters. The van der Waals surface area contributed by atoms with Crippen LogP contribution in [0.1, 0.15) is 36.9 Å². The first-order valence-electron chi connectivity index (χ1n) is 9.43. The van der Waals surface area contributed by atoms with Crippen LogP contribution in [0.3, 0.4) is 0 Å². The topological polar surface area (TPSA) is 101 Å². The molecule has 1 aliphatic rings. The molecule has 1 saturated carbocycles. The average Bonchev–Trinajstić information content (AvgIpc) is 3.10. The Labute approximate surface area is 171 Å². The summed E-state index contributed by atoms with van der Waals surface area (Å²) in [6.45, 7) is 1.75. The van der Waals surface area contributed by atoms with Gasteiger partial charge in [-0.05, 0) is 50.8 Å². The van der Waals surface area contributed by atoms with Crippen molar-refractivity contribution in [3.05, 3.63) is 41.6 Å². The molecule has 0 radical (unpaired) electrons. The second kappa shape index (κ2) is 8.76. The molecule has 2 aromatic rings. The highest BCUT2D eigenvalue weighted by molar-refractivity contribution is 7.92. The van der Waals surface area contributed by atoms with Crippen molar-refractivity contribution in [2.75, 3.05) is 11.9 Å².